The highest BCUT2D eigenvalue weighted by atomic mass is 79.9. The number of hydrogen-bond acceptors (Lipinski definition) is 5. The first kappa shape index (κ1) is 26.2. The van der Waals surface area contributed by atoms with Crippen LogP contribution in [0.4, 0.5) is 23.8 Å². The predicted molar refractivity (Wildman–Crippen MR) is 125 cm³/mol. The minimum absolute atomic E-state index is 0.0441. The number of amides is 2. The van der Waals surface area contributed by atoms with Gasteiger partial charge in [-0.15, -0.1) is 0 Å². The van der Waals surface area contributed by atoms with Crippen molar-refractivity contribution in [3.8, 4) is 0 Å². The Labute approximate surface area is 205 Å². The van der Waals surface area contributed by atoms with Gasteiger partial charge in [-0.3, -0.25) is 9.69 Å². The largest absolute Gasteiger partial charge is 0.444 e. The van der Waals surface area contributed by atoms with Crippen molar-refractivity contribution in [2.45, 2.75) is 39.0 Å². The van der Waals surface area contributed by atoms with Gasteiger partial charge in [-0.05, 0) is 44.9 Å². The number of pyridine rings is 1. The third-order valence-corrected chi connectivity index (χ3v) is 5.94. The van der Waals surface area contributed by atoms with Crippen LogP contribution in [0.5, 0.6) is 0 Å². The molecule has 1 aromatic rings. The van der Waals surface area contributed by atoms with Crippen LogP contribution < -0.4 is 5.32 Å². The quantitative estimate of drug-likeness (QED) is 0.590. The Morgan fingerprint density at radius 1 is 1.18 bits per heavy atom. The molecule has 0 spiro atoms. The van der Waals surface area contributed by atoms with Crippen LogP contribution in [0.15, 0.2) is 46.1 Å². The number of piperazine rings is 1. The smallest absolute Gasteiger partial charge is 0.410 e. The second-order valence-electron chi connectivity index (χ2n) is 9.29. The summed E-state index contributed by atoms with van der Waals surface area (Å²) in [6, 6.07) is 3.25. The number of alkyl halides is 3. The first-order valence-corrected chi connectivity index (χ1v) is 11.7. The van der Waals surface area contributed by atoms with Crippen molar-refractivity contribution in [2.75, 3.05) is 38.0 Å². The molecule has 34 heavy (non-hydrogen) atoms. The van der Waals surface area contributed by atoms with E-state index in [-0.39, 0.29) is 23.5 Å². The molecule has 1 fully saturated rings. The Kier molecular flexibility index (Phi) is 8.07. The Morgan fingerprint density at radius 3 is 2.44 bits per heavy atom. The molecule has 2 heterocycles. The van der Waals surface area contributed by atoms with Gasteiger partial charge in [0.05, 0.1) is 5.92 Å². The van der Waals surface area contributed by atoms with Gasteiger partial charge in [-0.1, -0.05) is 28.1 Å². The summed E-state index contributed by atoms with van der Waals surface area (Å²) in [5.74, 6) is -2.11. The summed E-state index contributed by atoms with van der Waals surface area (Å²) in [5, 5.41) is 2.55. The minimum atomic E-state index is -4.49. The van der Waals surface area contributed by atoms with Crippen molar-refractivity contribution in [1.29, 1.82) is 0 Å². The van der Waals surface area contributed by atoms with Crippen LogP contribution in [-0.4, -0.2) is 71.3 Å². The molecular weight excluding hydrogens is 517 g/mol. The average Bonchev–Trinajstić information content (AvgIpc) is 2.72. The van der Waals surface area contributed by atoms with E-state index in [9.17, 15) is 22.8 Å². The molecule has 1 unspecified atom stereocenters. The number of ether oxygens (including phenoxy) is 1. The van der Waals surface area contributed by atoms with Crippen LogP contribution in [0.1, 0.15) is 27.2 Å². The fourth-order valence-corrected chi connectivity index (χ4v) is 4.08. The molecule has 1 N–H and O–H groups in total. The Balaban J connectivity index is 1.65. The number of aromatic nitrogens is 1. The maximum Gasteiger partial charge on any atom is 0.410 e. The van der Waals surface area contributed by atoms with Crippen LogP contribution in [0.2, 0.25) is 0 Å². The summed E-state index contributed by atoms with van der Waals surface area (Å²) in [7, 11) is 0. The summed E-state index contributed by atoms with van der Waals surface area (Å²) in [5.41, 5.74) is -0.359. The minimum Gasteiger partial charge on any atom is -0.444 e. The first-order chi connectivity index (χ1) is 15.8. The van der Waals surface area contributed by atoms with Gasteiger partial charge in [0.1, 0.15) is 11.4 Å². The molecular formula is C23H28BrF3N4O3. The molecule has 1 atom stereocenters. The number of carbonyl (C=O) groups is 2. The lowest BCUT2D eigenvalue weighted by atomic mass is 9.85. The van der Waals surface area contributed by atoms with E-state index in [1.807, 2.05) is 4.90 Å². The highest BCUT2D eigenvalue weighted by Gasteiger charge is 2.44. The zero-order valence-corrected chi connectivity index (χ0v) is 20.9. The molecule has 11 heteroatoms. The third kappa shape index (κ3) is 7.30. The molecule has 0 saturated carbocycles. The van der Waals surface area contributed by atoms with Gasteiger partial charge in [0, 0.05) is 49.0 Å². The van der Waals surface area contributed by atoms with E-state index in [0.717, 1.165) is 0 Å². The zero-order valence-electron chi connectivity index (χ0n) is 19.3. The lowest BCUT2D eigenvalue weighted by Crippen LogP contribution is -2.50. The summed E-state index contributed by atoms with van der Waals surface area (Å²) >= 11 is 3.27. The number of hydrogen-bond donors (Lipinski definition) is 1. The summed E-state index contributed by atoms with van der Waals surface area (Å²) < 4.78 is 47.7. The van der Waals surface area contributed by atoms with Gasteiger partial charge in [0.2, 0.25) is 0 Å². The average molecular weight is 545 g/mol. The number of rotatable bonds is 4. The van der Waals surface area contributed by atoms with E-state index in [1.165, 1.54) is 18.3 Å². The van der Waals surface area contributed by atoms with E-state index in [4.69, 9.17) is 4.74 Å². The molecule has 0 radical (unpaired) electrons. The number of nitrogens with one attached hydrogen (secondary N) is 1. The number of nitrogens with zero attached hydrogens (tertiary/aromatic N) is 3. The van der Waals surface area contributed by atoms with E-state index in [1.54, 1.807) is 37.8 Å². The fraction of sp³-hybridized carbons (Fsp3) is 0.522. The summed E-state index contributed by atoms with van der Waals surface area (Å²) in [6.45, 7) is 7.09. The maximum atomic E-state index is 13.9. The molecule has 1 saturated heterocycles. The number of allylic oxidation sites excluding steroid dienone is 2. The molecule has 3 rings (SSSR count). The SMILES string of the molecule is CC(C)(C)OC(=O)N1CCN(CC2=CC=C(C(=O)Nc3cc(Br)ccn3)CC2C(F)(F)F)CC1. The van der Waals surface area contributed by atoms with Gasteiger partial charge in [-0.2, -0.15) is 13.2 Å². The van der Waals surface area contributed by atoms with E-state index in [0.29, 0.717) is 30.7 Å². The highest BCUT2D eigenvalue weighted by molar-refractivity contribution is 9.10. The summed E-state index contributed by atoms with van der Waals surface area (Å²) in [6.07, 6.45) is -1.03. The molecule has 1 aromatic heterocycles. The predicted octanol–water partition coefficient (Wildman–Crippen LogP) is 4.77. The van der Waals surface area contributed by atoms with Crippen LogP contribution in [0.25, 0.3) is 0 Å². The monoisotopic (exact) mass is 544 g/mol. The molecule has 0 bridgehead atoms. The zero-order chi connectivity index (χ0) is 25.1. The molecule has 0 aromatic carbocycles. The van der Waals surface area contributed by atoms with Gasteiger partial charge in [0.15, 0.2) is 0 Å². The van der Waals surface area contributed by atoms with Crippen molar-refractivity contribution in [2.24, 2.45) is 5.92 Å². The fourth-order valence-electron chi connectivity index (χ4n) is 3.74. The molecule has 1 aliphatic carbocycles. The second kappa shape index (κ2) is 10.5. The maximum absolute atomic E-state index is 13.9. The van der Waals surface area contributed by atoms with E-state index >= 15 is 0 Å². The normalized spacial score (nSPS) is 19.9. The van der Waals surface area contributed by atoms with Crippen LogP contribution in [0.3, 0.4) is 0 Å². The molecule has 186 valence electrons. The van der Waals surface area contributed by atoms with Gasteiger partial charge < -0.3 is 15.0 Å². The Morgan fingerprint density at radius 2 is 1.85 bits per heavy atom. The van der Waals surface area contributed by atoms with E-state index < -0.39 is 36.1 Å². The lowest BCUT2D eigenvalue weighted by Gasteiger charge is -2.37. The van der Waals surface area contributed by atoms with Gasteiger partial charge in [0.25, 0.3) is 5.91 Å². The first-order valence-electron chi connectivity index (χ1n) is 10.9. The summed E-state index contributed by atoms with van der Waals surface area (Å²) in [4.78, 5) is 32.2. The van der Waals surface area contributed by atoms with Crippen molar-refractivity contribution in [3.05, 3.63) is 46.1 Å². The number of halogens is 4. The number of anilines is 1. The number of carbonyl (C=O) groups excluding carboxylic acids is 2. The lowest BCUT2D eigenvalue weighted by molar-refractivity contribution is -0.165. The van der Waals surface area contributed by atoms with Crippen molar-refractivity contribution in [3.63, 3.8) is 0 Å². The van der Waals surface area contributed by atoms with Crippen molar-refractivity contribution < 1.29 is 27.5 Å². The van der Waals surface area contributed by atoms with Crippen LogP contribution >= 0.6 is 15.9 Å². The van der Waals surface area contributed by atoms with Crippen molar-refractivity contribution in [1.82, 2.24) is 14.8 Å². The molecule has 2 aliphatic rings. The van der Waals surface area contributed by atoms with Gasteiger partial charge >= 0.3 is 12.3 Å². The molecule has 7 nitrogen and oxygen atoms in total. The molecule has 1 aliphatic heterocycles. The van der Waals surface area contributed by atoms with E-state index in [2.05, 4.69) is 26.2 Å². The van der Waals surface area contributed by atoms with Gasteiger partial charge in [-0.25, -0.2) is 9.78 Å². The molecule has 2 amide bonds. The third-order valence-electron chi connectivity index (χ3n) is 5.45. The Bertz CT molecular complexity index is 980. The standard InChI is InChI=1S/C23H28BrF3N4O3/c1-22(2,3)34-21(33)31-10-8-30(9-11-31)14-16-5-4-15(12-18(16)23(25,26)27)20(32)29-19-13-17(24)6-7-28-19/h4-7,13,18H,8-12,14H2,1-3H3,(H,28,29,32). The second-order valence-corrected chi connectivity index (χ2v) is 10.2. The topological polar surface area (TPSA) is 74.8 Å². The van der Waals surface area contributed by atoms with Crippen LogP contribution in [0, 0.1) is 5.92 Å². The Hall–Kier alpha value is -2.40. The van der Waals surface area contributed by atoms with Crippen LogP contribution in [-0.2, 0) is 9.53 Å². The highest BCUT2D eigenvalue weighted by Crippen LogP contribution is 2.39. The van der Waals surface area contributed by atoms with Crippen molar-refractivity contribution >= 4 is 33.7 Å².